The predicted octanol–water partition coefficient (Wildman–Crippen LogP) is 14.4. The number of furan rings is 1. The van der Waals surface area contributed by atoms with Gasteiger partial charge in [-0.05, 0) is 103 Å². The average molecular weight is 802 g/mol. The molecule has 2 heterocycles. The van der Waals surface area contributed by atoms with Gasteiger partial charge in [-0.15, -0.1) is 0 Å². The van der Waals surface area contributed by atoms with Crippen LogP contribution in [0.3, 0.4) is 0 Å². The summed E-state index contributed by atoms with van der Waals surface area (Å²) >= 11 is 0. The van der Waals surface area contributed by atoms with E-state index in [0.717, 1.165) is 50.6 Å². The highest BCUT2D eigenvalue weighted by molar-refractivity contribution is 6.12. The molecule has 0 radical (unpaired) electrons. The van der Waals surface area contributed by atoms with Gasteiger partial charge in [0.2, 0.25) is 0 Å². The molecule has 3 aliphatic carbocycles. The quantitative estimate of drug-likeness (QED) is 0.179. The average Bonchev–Trinajstić information content (AvgIpc) is 4.00. The molecule has 3 aliphatic rings. The zero-order valence-corrected chi connectivity index (χ0v) is 34.0. The van der Waals surface area contributed by atoms with Crippen molar-refractivity contribution >= 4 is 21.9 Å². The molecule has 9 aromatic carbocycles. The number of rotatable bonds is 3. The monoisotopic (exact) mass is 801 g/mol. The van der Waals surface area contributed by atoms with Gasteiger partial charge in [0.05, 0.1) is 5.41 Å². The molecule has 0 N–H and O–H groups in total. The minimum Gasteiger partial charge on any atom is -0.456 e. The molecule has 14 rings (SSSR count). The van der Waals surface area contributed by atoms with Crippen molar-refractivity contribution in [2.45, 2.75) is 11.8 Å². The molecule has 0 unspecified atom stereocenters. The van der Waals surface area contributed by atoms with Crippen LogP contribution in [-0.4, -0.2) is 15.0 Å². The van der Waals surface area contributed by atoms with Crippen LogP contribution in [0.25, 0.3) is 101 Å². The van der Waals surface area contributed by atoms with E-state index in [1.54, 1.807) is 0 Å². The van der Waals surface area contributed by atoms with E-state index in [2.05, 4.69) is 176 Å². The summed E-state index contributed by atoms with van der Waals surface area (Å²) in [5, 5.41) is 2.02. The number of para-hydroxylation sites is 1. The van der Waals surface area contributed by atoms with Crippen molar-refractivity contribution in [2.24, 2.45) is 0 Å². The highest BCUT2D eigenvalue weighted by atomic mass is 16.3. The maximum Gasteiger partial charge on any atom is 0.164 e. The van der Waals surface area contributed by atoms with Crippen LogP contribution in [-0.2, 0) is 11.8 Å². The Labute approximate surface area is 363 Å². The predicted molar refractivity (Wildman–Crippen MR) is 253 cm³/mol. The summed E-state index contributed by atoms with van der Waals surface area (Å²) in [4.78, 5) is 16.4. The first-order valence-corrected chi connectivity index (χ1v) is 21.6. The van der Waals surface area contributed by atoms with E-state index in [9.17, 15) is 0 Å². The standard InChI is InChI=1S/C59H35N3O/c1-2-16-38-35(15-1)33-36-31-32-37(34-47(36)38)56-60-57(62-58(61-56)46-24-14-30-53-55(46)44-22-8-12-29-52(44)63-53)45-23-13-28-51-54(45)43-21-7-11-27-50(43)59(51)48-25-9-5-19-41(48)39-17-3-4-18-40(39)42-20-6-10-26-49(42)59/h1-32,34H,33H2. The van der Waals surface area contributed by atoms with E-state index in [1.807, 2.05) is 24.3 Å². The molecule has 4 heteroatoms. The lowest BCUT2D eigenvalue weighted by Gasteiger charge is -2.35. The van der Waals surface area contributed by atoms with Crippen LogP contribution in [0.1, 0.15) is 33.4 Å². The smallest absolute Gasteiger partial charge is 0.164 e. The zero-order chi connectivity index (χ0) is 41.2. The van der Waals surface area contributed by atoms with Crippen LogP contribution in [0.2, 0.25) is 0 Å². The number of nitrogens with zero attached hydrogens (tertiary/aromatic N) is 3. The minimum atomic E-state index is -0.624. The van der Waals surface area contributed by atoms with Crippen molar-refractivity contribution in [3.8, 4) is 78.7 Å². The summed E-state index contributed by atoms with van der Waals surface area (Å²) in [6.07, 6.45) is 0.920. The maximum atomic E-state index is 6.41. The molecule has 0 saturated carbocycles. The van der Waals surface area contributed by atoms with Gasteiger partial charge in [-0.3, -0.25) is 0 Å². The Bertz CT molecular complexity index is 3680. The van der Waals surface area contributed by atoms with E-state index < -0.39 is 5.41 Å². The number of fused-ring (bicyclic) bond motifs is 18. The molecule has 0 aliphatic heterocycles. The second kappa shape index (κ2) is 12.9. The van der Waals surface area contributed by atoms with Crippen molar-refractivity contribution in [3.05, 3.63) is 234 Å². The fraction of sp³-hybridized carbons (Fsp3) is 0.0339. The largest absolute Gasteiger partial charge is 0.456 e. The lowest BCUT2D eigenvalue weighted by molar-refractivity contribution is 0.669. The Morgan fingerprint density at radius 3 is 1.62 bits per heavy atom. The number of aromatic nitrogens is 3. The summed E-state index contributed by atoms with van der Waals surface area (Å²) in [7, 11) is 0. The number of hydrogen-bond donors (Lipinski definition) is 0. The van der Waals surface area contributed by atoms with Gasteiger partial charge in [0.25, 0.3) is 0 Å². The van der Waals surface area contributed by atoms with Crippen molar-refractivity contribution in [3.63, 3.8) is 0 Å². The van der Waals surface area contributed by atoms with Crippen LogP contribution in [0.5, 0.6) is 0 Å². The molecule has 0 fully saturated rings. The van der Waals surface area contributed by atoms with Crippen LogP contribution >= 0.6 is 0 Å². The molecule has 11 aromatic rings. The summed E-state index contributed by atoms with van der Waals surface area (Å²) in [6.45, 7) is 0. The first kappa shape index (κ1) is 34.5. The molecule has 0 atom stereocenters. The maximum absolute atomic E-state index is 6.41. The van der Waals surface area contributed by atoms with Crippen molar-refractivity contribution in [1.29, 1.82) is 0 Å². The Kier molecular flexibility index (Phi) is 7.06. The van der Waals surface area contributed by atoms with Crippen molar-refractivity contribution in [2.75, 3.05) is 0 Å². The van der Waals surface area contributed by atoms with Gasteiger partial charge in [0.1, 0.15) is 11.2 Å². The first-order chi connectivity index (χ1) is 31.2. The second-order valence-corrected chi connectivity index (χ2v) is 16.9. The molecule has 1 spiro atoms. The van der Waals surface area contributed by atoms with Crippen LogP contribution in [0.4, 0.5) is 0 Å². The summed E-state index contributed by atoms with van der Waals surface area (Å²) < 4.78 is 6.41. The SMILES string of the molecule is c1ccc2c(c1)Cc1ccc(-c3nc(-c4cccc5c4-c4ccccc4C54c5ccccc5-c5ccccc5-c5ccccc54)nc(-c4cccc5oc6ccccc6c45)n3)cc1-2. The third kappa shape index (κ3) is 4.72. The third-order valence-corrected chi connectivity index (χ3v) is 13.8. The van der Waals surface area contributed by atoms with Gasteiger partial charge >= 0.3 is 0 Å². The molecule has 63 heavy (non-hydrogen) atoms. The Balaban J connectivity index is 1.07. The lowest BCUT2D eigenvalue weighted by atomic mass is 9.66. The molecule has 0 bridgehead atoms. The second-order valence-electron chi connectivity index (χ2n) is 16.9. The highest BCUT2D eigenvalue weighted by Gasteiger charge is 2.50. The number of benzene rings is 9. The fourth-order valence-corrected chi connectivity index (χ4v) is 11.3. The van der Waals surface area contributed by atoms with Crippen LogP contribution in [0, 0.1) is 0 Å². The van der Waals surface area contributed by atoms with Gasteiger partial charge in [-0.2, -0.15) is 0 Å². The van der Waals surface area contributed by atoms with Crippen molar-refractivity contribution in [1.82, 2.24) is 15.0 Å². The van der Waals surface area contributed by atoms with Gasteiger partial charge in [-0.25, -0.2) is 15.0 Å². The molecule has 4 nitrogen and oxygen atoms in total. The Morgan fingerprint density at radius 1 is 0.349 bits per heavy atom. The van der Waals surface area contributed by atoms with Crippen LogP contribution < -0.4 is 0 Å². The Morgan fingerprint density at radius 2 is 0.857 bits per heavy atom. The molecule has 0 saturated heterocycles. The van der Waals surface area contributed by atoms with E-state index in [4.69, 9.17) is 19.4 Å². The summed E-state index contributed by atoms with van der Waals surface area (Å²) in [6, 6.07) is 72.4. The lowest BCUT2D eigenvalue weighted by Crippen LogP contribution is -2.29. The van der Waals surface area contributed by atoms with E-state index in [-0.39, 0.29) is 0 Å². The zero-order valence-electron chi connectivity index (χ0n) is 34.0. The third-order valence-electron chi connectivity index (χ3n) is 13.8. The van der Waals surface area contributed by atoms with Gasteiger partial charge in [0, 0.05) is 27.5 Å². The molecule has 2 aromatic heterocycles. The molecular formula is C59H35N3O. The van der Waals surface area contributed by atoms with Gasteiger partial charge < -0.3 is 4.42 Å². The molecule has 0 amide bonds. The molecule has 292 valence electrons. The van der Waals surface area contributed by atoms with Crippen LogP contribution in [0.15, 0.2) is 205 Å². The van der Waals surface area contributed by atoms with Gasteiger partial charge in [0.15, 0.2) is 17.5 Å². The minimum absolute atomic E-state index is 0.604. The topological polar surface area (TPSA) is 51.8 Å². The van der Waals surface area contributed by atoms with Gasteiger partial charge in [-0.1, -0.05) is 182 Å². The Hall–Kier alpha value is -8.21. The number of hydrogen-bond acceptors (Lipinski definition) is 4. The van der Waals surface area contributed by atoms with E-state index in [1.165, 1.54) is 72.3 Å². The first-order valence-electron chi connectivity index (χ1n) is 21.6. The fourth-order valence-electron chi connectivity index (χ4n) is 11.3. The van der Waals surface area contributed by atoms with E-state index in [0.29, 0.717) is 17.5 Å². The summed E-state index contributed by atoms with van der Waals surface area (Å²) in [5.41, 5.74) is 21.3. The normalized spacial score (nSPS) is 13.5. The molecular weight excluding hydrogens is 767 g/mol. The van der Waals surface area contributed by atoms with E-state index >= 15 is 0 Å². The highest BCUT2D eigenvalue weighted by Crippen LogP contribution is 2.62. The van der Waals surface area contributed by atoms with Crippen molar-refractivity contribution < 1.29 is 4.42 Å². The summed E-state index contributed by atoms with van der Waals surface area (Å²) in [5.74, 6) is 1.86.